The zero-order valence-corrected chi connectivity index (χ0v) is 29.5. The third kappa shape index (κ3) is 11.1. The van der Waals surface area contributed by atoms with Gasteiger partial charge in [0.25, 0.3) is 0 Å². The molecule has 0 aromatic heterocycles. The largest absolute Gasteiger partial charge is 0.523 e. The quantitative estimate of drug-likeness (QED) is 0.182. The second kappa shape index (κ2) is 15.6. The molecule has 2 fully saturated rings. The van der Waals surface area contributed by atoms with Crippen LogP contribution in [-0.4, -0.2) is 117 Å². The van der Waals surface area contributed by atoms with Gasteiger partial charge >= 0.3 is 39.8 Å². The van der Waals surface area contributed by atoms with Gasteiger partial charge < -0.3 is 33.9 Å². The average Bonchev–Trinajstić information content (AvgIpc) is 2.93. The van der Waals surface area contributed by atoms with Crippen LogP contribution in [0.5, 0.6) is 0 Å². The van der Waals surface area contributed by atoms with Crippen LogP contribution in [0.4, 0.5) is 22.8 Å². The summed E-state index contributed by atoms with van der Waals surface area (Å²) in [6.45, 7) is 13.7. The molecule has 2 amide bonds. The van der Waals surface area contributed by atoms with Crippen molar-refractivity contribution in [2.24, 2.45) is 10.8 Å². The lowest BCUT2D eigenvalue weighted by Crippen LogP contribution is -2.53. The van der Waals surface area contributed by atoms with Gasteiger partial charge in [-0.15, -0.1) is 0 Å². The van der Waals surface area contributed by atoms with Crippen molar-refractivity contribution in [1.82, 2.24) is 9.80 Å². The number of piperidine rings is 2. The van der Waals surface area contributed by atoms with Crippen molar-refractivity contribution in [2.75, 3.05) is 40.4 Å². The first-order chi connectivity index (χ1) is 21.2. The number of likely N-dealkylation sites (tertiary alicyclic amines) is 2. The molecule has 2 heterocycles. The molecule has 1 N–H and O–H groups in total. The number of rotatable bonds is 6. The Labute approximate surface area is 274 Å². The van der Waals surface area contributed by atoms with Crippen LogP contribution in [0.2, 0.25) is 0 Å². The molecule has 2 atom stereocenters. The fraction of sp³-hybridized carbons (Fsp3) is 0.862. The Hall–Kier alpha value is -2.86. The summed E-state index contributed by atoms with van der Waals surface area (Å²) in [4.78, 5) is 51.1. The second-order valence-electron chi connectivity index (χ2n) is 13.5. The van der Waals surface area contributed by atoms with E-state index in [1.807, 2.05) is 20.8 Å². The smallest absolute Gasteiger partial charge is 0.469 e. The normalized spacial score (nSPS) is 19.7. The van der Waals surface area contributed by atoms with E-state index in [1.54, 1.807) is 32.6 Å². The summed E-state index contributed by atoms with van der Waals surface area (Å²) in [5.74, 6) is -1.33. The number of hydrogen-bond acceptors (Lipinski definition) is 12. The average molecular weight is 707 g/mol. The van der Waals surface area contributed by atoms with Gasteiger partial charge in [0.1, 0.15) is 11.2 Å². The topological polar surface area (TPSA) is 175 Å². The number of aliphatic hydroxyl groups is 1. The highest BCUT2D eigenvalue weighted by Crippen LogP contribution is 2.41. The number of nitrogens with zero attached hydrogens (tertiary/aromatic N) is 2. The van der Waals surface area contributed by atoms with E-state index < -0.39 is 67.9 Å². The van der Waals surface area contributed by atoms with E-state index in [2.05, 4.69) is 8.92 Å². The molecular formula is C29H49F3N2O12S. The van der Waals surface area contributed by atoms with Crippen molar-refractivity contribution >= 4 is 34.2 Å². The van der Waals surface area contributed by atoms with E-state index in [9.17, 15) is 45.9 Å². The second-order valence-corrected chi connectivity index (χ2v) is 15.1. The Morgan fingerprint density at radius 1 is 0.702 bits per heavy atom. The van der Waals surface area contributed by atoms with Crippen LogP contribution in [-0.2, 0) is 42.8 Å². The molecule has 2 unspecified atom stereocenters. The first-order valence-corrected chi connectivity index (χ1v) is 16.4. The van der Waals surface area contributed by atoms with Gasteiger partial charge in [-0.25, -0.2) is 9.59 Å². The van der Waals surface area contributed by atoms with Crippen LogP contribution >= 0.6 is 0 Å². The number of ether oxygens (including phenoxy) is 4. The standard InChI is InChI=1S/C15H24F3NO7S.C14H25NO5/c1-10(26-27(22,23)15(16,17)18)14(11(20)24-5)6-8-19(9-7-14)12(21)25-13(2,3)4;1-10(16)14(11(17)19-5)6-8-15(9-7-14)12(18)20-13(2,3)4/h10H,6-9H2,1-5H3;10,16H,6-9H2,1-5H3. The number of methoxy groups -OCH3 is 2. The summed E-state index contributed by atoms with van der Waals surface area (Å²) in [6.07, 6.45) is -3.03. The Morgan fingerprint density at radius 3 is 1.30 bits per heavy atom. The molecule has 2 saturated heterocycles. The van der Waals surface area contributed by atoms with E-state index in [0.717, 1.165) is 14.0 Å². The van der Waals surface area contributed by atoms with Gasteiger partial charge in [0, 0.05) is 26.2 Å². The van der Waals surface area contributed by atoms with Crippen LogP contribution in [0, 0.1) is 10.8 Å². The number of carbonyl (C=O) groups excluding carboxylic acids is 4. The van der Waals surface area contributed by atoms with E-state index in [4.69, 9.17) is 14.2 Å². The van der Waals surface area contributed by atoms with Crippen LogP contribution in [0.25, 0.3) is 0 Å². The summed E-state index contributed by atoms with van der Waals surface area (Å²) < 4.78 is 84.6. The molecule has 2 aliphatic rings. The van der Waals surface area contributed by atoms with E-state index in [0.29, 0.717) is 25.9 Å². The lowest BCUT2D eigenvalue weighted by molar-refractivity contribution is -0.164. The van der Waals surface area contributed by atoms with Crippen LogP contribution in [0.15, 0.2) is 0 Å². The zero-order chi connectivity index (χ0) is 36.8. The van der Waals surface area contributed by atoms with Crippen molar-refractivity contribution in [1.29, 1.82) is 0 Å². The highest BCUT2D eigenvalue weighted by Gasteiger charge is 2.55. The molecule has 18 heteroatoms. The number of amides is 2. The predicted octanol–water partition coefficient (Wildman–Crippen LogP) is 3.99. The van der Waals surface area contributed by atoms with Crippen molar-refractivity contribution in [3.05, 3.63) is 0 Å². The summed E-state index contributed by atoms with van der Waals surface area (Å²) in [5.41, 5.74) is -9.47. The minimum atomic E-state index is -5.89. The summed E-state index contributed by atoms with van der Waals surface area (Å²) in [7, 11) is -3.54. The first kappa shape index (κ1) is 42.2. The maximum Gasteiger partial charge on any atom is 0.523 e. The number of hydrogen-bond donors (Lipinski definition) is 1. The molecule has 274 valence electrons. The first-order valence-electron chi connectivity index (χ1n) is 15.0. The summed E-state index contributed by atoms with van der Waals surface area (Å²) in [5, 5.41) is 9.90. The van der Waals surface area contributed by atoms with Crippen LogP contribution in [0.3, 0.4) is 0 Å². The van der Waals surface area contributed by atoms with Gasteiger partial charge in [0.2, 0.25) is 0 Å². The molecule has 0 aromatic rings. The number of esters is 2. The number of carbonyl (C=O) groups is 4. The highest BCUT2D eigenvalue weighted by atomic mass is 32.2. The summed E-state index contributed by atoms with van der Waals surface area (Å²) >= 11 is 0. The van der Waals surface area contributed by atoms with Crippen molar-refractivity contribution in [3.63, 3.8) is 0 Å². The van der Waals surface area contributed by atoms with Gasteiger partial charge in [0.15, 0.2) is 0 Å². The minimum Gasteiger partial charge on any atom is -0.469 e. The van der Waals surface area contributed by atoms with Crippen molar-refractivity contribution in [3.8, 4) is 0 Å². The molecule has 0 aliphatic carbocycles. The van der Waals surface area contributed by atoms with Gasteiger partial charge in [0.05, 0.1) is 37.3 Å². The molecule has 0 spiro atoms. The summed E-state index contributed by atoms with van der Waals surface area (Å²) in [6, 6.07) is 0. The Morgan fingerprint density at radius 2 is 1.02 bits per heavy atom. The van der Waals surface area contributed by atoms with Gasteiger partial charge in [-0.3, -0.25) is 13.8 Å². The maximum absolute atomic E-state index is 12.6. The lowest BCUT2D eigenvalue weighted by atomic mass is 9.74. The molecule has 2 rings (SSSR count). The van der Waals surface area contributed by atoms with Crippen LogP contribution in [0.1, 0.15) is 81.1 Å². The molecule has 47 heavy (non-hydrogen) atoms. The van der Waals surface area contributed by atoms with E-state index >= 15 is 0 Å². The van der Waals surface area contributed by atoms with Crippen molar-refractivity contribution in [2.45, 2.75) is 110 Å². The molecule has 2 aliphatic heterocycles. The van der Waals surface area contributed by atoms with Gasteiger partial charge in [-0.2, -0.15) is 21.6 Å². The lowest BCUT2D eigenvalue weighted by Gasteiger charge is -2.42. The number of aliphatic hydroxyl groups excluding tert-OH is 1. The van der Waals surface area contributed by atoms with Crippen LogP contribution < -0.4 is 0 Å². The Kier molecular flexibility index (Phi) is 14.0. The predicted molar refractivity (Wildman–Crippen MR) is 160 cm³/mol. The third-order valence-corrected chi connectivity index (χ3v) is 9.04. The molecular weight excluding hydrogens is 657 g/mol. The Balaban J connectivity index is 0.000000491. The molecule has 0 aromatic carbocycles. The number of alkyl halides is 3. The zero-order valence-electron chi connectivity index (χ0n) is 28.7. The minimum absolute atomic E-state index is 0.0379. The fourth-order valence-electron chi connectivity index (χ4n) is 5.14. The molecule has 0 radical (unpaired) electrons. The fourth-order valence-corrected chi connectivity index (χ4v) is 5.82. The number of halogens is 3. The van der Waals surface area contributed by atoms with Gasteiger partial charge in [-0.1, -0.05) is 0 Å². The highest BCUT2D eigenvalue weighted by molar-refractivity contribution is 7.87. The SMILES string of the molecule is COC(=O)C1(C(C)O)CCN(C(=O)OC(C)(C)C)CC1.COC(=O)C1(C(C)OS(=O)(=O)C(F)(F)F)CCN(C(=O)OC(C)(C)C)CC1. The molecule has 0 saturated carbocycles. The van der Waals surface area contributed by atoms with E-state index in [1.165, 1.54) is 12.0 Å². The molecule has 0 bridgehead atoms. The molecule has 14 nitrogen and oxygen atoms in total. The van der Waals surface area contributed by atoms with Crippen molar-refractivity contribution < 1.29 is 69.0 Å². The third-order valence-electron chi connectivity index (χ3n) is 7.93. The van der Waals surface area contributed by atoms with Gasteiger partial charge in [-0.05, 0) is 81.1 Å². The monoisotopic (exact) mass is 706 g/mol. The van der Waals surface area contributed by atoms with E-state index in [-0.39, 0.29) is 32.0 Å². The Bertz CT molecular complexity index is 1210. The maximum atomic E-state index is 12.6.